The molecule has 5 nitrogen and oxygen atoms in total. The van der Waals surface area contributed by atoms with Gasteiger partial charge < -0.3 is 10.1 Å². The Hall–Kier alpha value is -2.30. The second kappa shape index (κ2) is 4.06. The van der Waals surface area contributed by atoms with E-state index >= 15 is 0 Å². The molecule has 0 aromatic heterocycles. The summed E-state index contributed by atoms with van der Waals surface area (Å²) in [5.74, 6) is 0.322. The fourth-order valence-electron chi connectivity index (χ4n) is 1.35. The molecule has 1 aromatic rings. The third-order valence-corrected chi connectivity index (χ3v) is 2.15. The summed E-state index contributed by atoms with van der Waals surface area (Å²) in [4.78, 5) is 22.1. The Kier molecular flexibility index (Phi) is 2.59. The van der Waals surface area contributed by atoms with Gasteiger partial charge in [-0.15, -0.1) is 0 Å². The van der Waals surface area contributed by atoms with Gasteiger partial charge in [0.25, 0.3) is 5.91 Å². The molecule has 1 fully saturated rings. The number of hydrogen-bond donors (Lipinski definition) is 2. The highest BCUT2D eigenvalue weighted by atomic mass is 16.5. The molecule has 3 amide bonds. The highest BCUT2D eigenvalue weighted by Crippen LogP contribution is 2.14. The molecule has 5 heteroatoms. The van der Waals surface area contributed by atoms with Gasteiger partial charge in [-0.05, 0) is 23.8 Å². The molecule has 0 spiro atoms. The van der Waals surface area contributed by atoms with E-state index < -0.39 is 11.9 Å². The minimum Gasteiger partial charge on any atom is -0.497 e. The molecule has 2 N–H and O–H groups in total. The standard InChI is InChI=1S/C11H10N2O3/c1-16-8-4-2-7(3-5-8)6-9-10(14)13-11(15)12-9/h2-6H,1H3,(H2,12,13,14,15)/b9-6+. The first-order valence-electron chi connectivity index (χ1n) is 4.67. The van der Waals surface area contributed by atoms with Gasteiger partial charge in [0.15, 0.2) is 0 Å². The van der Waals surface area contributed by atoms with Gasteiger partial charge in [0.05, 0.1) is 7.11 Å². The predicted octanol–water partition coefficient (Wildman–Crippen LogP) is 0.876. The molecule has 0 bridgehead atoms. The zero-order valence-corrected chi connectivity index (χ0v) is 8.61. The summed E-state index contributed by atoms with van der Waals surface area (Å²) in [5, 5.41) is 4.54. The first-order chi connectivity index (χ1) is 7.69. The first kappa shape index (κ1) is 10.2. The van der Waals surface area contributed by atoms with Gasteiger partial charge >= 0.3 is 6.03 Å². The average molecular weight is 218 g/mol. The Morgan fingerprint density at radius 2 is 1.81 bits per heavy atom. The topological polar surface area (TPSA) is 67.4 Å². The molecule has 1 saturated heterocycles. The Morgan fingerprint density at radius 1 is 1.12 bits per heavy atom. The zero-order chi connectivity index (χ0) is 11.5. The molecule has 1 aliphatic rings. The van der Waals surface area contributed by atoms with Crippen LogP contribution in [0.5, 0.6) is 5.75 Å². The van der Waals surface area contributed by atoms with Crippen LogP contribution in [0.3, 0.4) is 0 Å². The number of benzene rings is 1. The monoisotopic (exact) mass is 218 g/mol. The summed E-state index contributed by atoms with van der Waals surface area (Å²) in [5.41, 5.74) is 1.06. The van der Waals surface area contributed by atoms with Crippen LogP contribution in [-0.4, -0.2) is 19.0 Å². The van der Waals surface area contributed by atoms with Crippen LogP contribution in [0.2, 0.25) is 0 Å². The fraction of sp³-hybridized carbons (Fsp3) is 0.0909. The van der Waals surface area contributed by atoms with Gasteiger partial charge in [-0.3, -0.25) is 10.1 Å². The maximum Gasteiger partial charge on any atom is 0.326 e. The van der Waals surface area contributed by atoms with E-state index in [2.05, 4.69) is 10.6 Å². The molecular weight excluding hydrogens is 208 g/mol. The van der Waals surface area contributed by atoms with Crippen molar-refractivity contribution in [1.29, 1.82) is 0 Å². The van der Waals surface area contributed by atoms with Crippen LogP contribution >= 0.6 is 0 Å². The van der Waals surface area contributed by atoms with Crippen LogP contribution in [0.15, 0.2) is 30.0 Å². The van der Waals surface area contributed by atoms with E-state index in [4.69, 9.17) is 4.74 Å². The number of ether oxygens (including phenoxy) is 1. The van der Waals surface area contributed by atoms with Crippen molar-refractivity contribution in [3.63, 3.8) is 0 Å². The van der Waals surface area contributed by atoms with Crippen molar-refractivity contribution in [2.45, 2.75) is 0 Å². The van der Waals surface area contributed by atoms with Gasteiger partial charge in [0, 0.05) is 0 Å². The molecule has 0 atom stereocenters. The molecule has 0 aliphatic carbocycles. The van der Waals surface area contributed by atoms with Gasteiger partial charge in [0.1, 0.15) is 11.4 Å². The average Bonchev–Trinajstić information content (AvgIpc) is 2.59. The van der Waals surface area contributed by atoms with Crippen LogP contribution in [0.25, 0.3) is 6.08 Å². The second-order valence-corrected chi connectivity index (χ2v) is 3.24. The maximum absolute atomic E-state index is 11.2. The van der Waals surface area contributed by atoms with Crippen molar-refractivity contribution >= 4 is 18.0 Å². The van der Waals surface area contributed by atoms with E-state index in [-0.39, 0.29) is 5.70 Å². The van der Waals surface area contributed by atoms with Gasteiger partial charge in [-0.1, -0.05) is 12.1 Å². The highest BCUT2D eigenvalue weighted by Gasteiger charge is 2.22. The Labute approximate surface area is 92.1 Å². The number of urea groups is 1. The third-order valence-electron chi connectivity index (χ3n) is 2.15. The fourth-order valence-corrected chi connectivity index (χ4v) is 1.35. The quantitative estimate of drug-likeness (QED) is 0.572. The summed E-state index contributed by atoms with van der Waals surface area (Å²) in [6, 6.07) is 6.65. The molecule has 0 unspecified atom stereocenters. The number of imide groups is 1. The Bertz CT molecular complexity index is 463. The molecule has 2 rings (SSSR count). The lowest BCUT2D eigenvalue weighted by atomic mass is 10.2. The lowest BCUT2D eigenvalue weighted by Gasteiger charge is -1.99. The van der Waals surface area contributed by atoms with Gasteiger partial charge in [-0.2, -0.15) is 0 Å². The van der Waals surface area contributed by atoms with Crippen molar-refractivity contribution < 1.29 is 14.3 Å². The van der Waals surface area contributed by atoms with Gasteiger partial charge in [0.2, 0.25) is 0 Å². The van der Waals surface area contributed by atoms with Crippen molar-refractivity contribution in [2.24, 2.45) is 0 Å². The molecular formula is C11H10N2O3. The number of amides is 3. The number of nitrogens with one attached hydrogen (secondary N) is 2. The number of carbonyl (C=O) groups is 2. The highest BCUT2D eigenvalue weighted by molar-refractivity contribution is 6.13. The van der Waals surface area contributed by atoms with Crippen LogP contribution in [0, 0.1) is 0 Å². The summed E-state index contributed by atoms with van der Waals surface area (Å²) >= 11 is 0. The second-order valence-electron chi connectivity index (χ2n) is 3.24. The van der Waals surface area contributed by atoms with E-state index in [0.717, 1.165) is 11.3 Å². The lowest BCUT2D eigenvalue weighted by Crippen LogP contribution is -2.22. The molecule has 82 valence electrons. The lowest BCUT2D eigenvalue weighted by molar-refractivity contribution is -0.115. The third kappa shape index (κ3) is 2.03. The minimum atomic E-state index is -0.496. The minimum absolute atomic E-state index is 0.246. The van der Waals surface area contributed by atoms with Crippen LogP contribution < -0.4 is 15.4 Å². The summed E-state index contributed by atoms with van der Waals surface area (Å²) in [6.45, 7) is 0. The van der Waals surface area contributed by atoms with E-state index in [0.29, 0.717) is 0 Å². The van der Waals surface area contributed by atoms with Crippen LogP contribution in [-0.2, 0) is 4.79 Å². The van der Waals surface area contributed by atoms with E-state index in [1.807, 2.05) is 0 Å². The summed E-state index contributed by atoms with van der Waals surface area (Å²) in [6.07, 6.45) is 1.60. The number of hydrogen-bond acceptors (Lipinski definition) is 3. The van der Waals surface area contributed by atoms with Crippen LogP contribution in [0.4, 0.5) is 4.79 Å². The molecule has 1 aliphatic heterocycles. The zero-order valence-electron chi connectivity index (χ0n) is 8.61. The molecule has 1 heterocycles. The van der Waals surface area contributed by atoms with Crippen LogP contribution in [0.1, 0.15) is 5.56 Å². The molecule has 0 radical (unpaired) electrons. The number of methoxy groups -OCH3 is 1. The van der Waals surface area contributed by atoms with Crippen molar-refractivity contribution in [3.8, 4) is 5.75 Å². The summed E-state index contributed by atoms with van der Waals surface area (Å²) in [7, 11) is 1.58. The largest absolute Gasteiger partial charge is 0.497 e. The van der Waals surface area contributed by atoms with E-state index in [9.17, 15) is 9.59 Å². The molecule has 0 saturated carbocycles. The number of carbonyl (C=O) groups excluding carboxylic acids is 2. The molecule has 16 heavy (non-hydrogen) atoms. The molecule has 1 aromatic carbocycles. The Balaban J connectivity index is 2.22. The van der Waals surface area contributed by atoms with Gasteiger partial charge in [-0.25, -0.2) is 4.79 Å². The van der Waals surface area contributed by atoms with Crippen molar-refractivity contribution in [3.05, 3.63) is 35.5 Å². The Morgan fingerprint density at radius 3 is 2.31 bits per heavy atom. The van der Waals surface area contributed by atoms with Crippen molar-refractivity contribution in [2.75, 3.05) is 7.11 Å². The normalized spacial score (nSPS) is 17.2. The first-order valence-corrected chi connectivity index (χ1v) is 4.67. The van der Waals surface area contributed by atoms with E-state index in [1.165, 1.54) is 0 Å². The SMILES string of the molecule is COc1ccc(/C=C2/NC(=O)NC2=O)cc1. The van der Waals surface area contributed by atoms with E-state index in [1.54, 1.807) is 37.5 Å². The maximum atomic E-state index is 11.2. The summed E-state index contributed by atoms with van der Waals surface area (Å²) < 4.78 is 5.01. The predicted molar refractivity (Wildman–Crippen MR) is 57.6 cm³/mol. The van der Waals surface area contributed by atoms with Crippen molar-refractivity contribution in [1.82, 2.24) is 10.6 Å². The smallest absolute Gasteiger partial charge is 0.326 e. The number of rotatable bonds is 2.